The number of unbranched alkanes of at least 4 members (excludes halogenated alkanes) is 1. The zero-order valence-corrected chi connectivity index (χ0v) is 13.3. The molecule has 0 radical (unpaired) electrons. The zero-order valence-electron chi connectivity index (χ0n) is 13.3. The molecule has 0 aliphatic heterocycles. The molecule has 6 nitrogen and oxygen atoms in total. The van der Waals surface area contributed by atoms with Gasteiger partial charge in [-0.3, -0.25) is 4.79 Å². The van der Waals surface area contributed by atoms with E-state index in [1.54, 1.807) is 28.9 Å². The summed E-state index contributed by atoms with van der Waals surface area (Å²) < 4.78 is 1.72. The maximum absolute atomic E-state index is 12.2. The van der Waals surface area contributed by atoms with Gasteiger partial charge in [0.25, 0.3) is 5.91 Å². The van der Waals surface area contributed by atoms with Crippen LogP contribution in [0.4, 0.5) is 0 Å². The third-order valence-electron chi connectivity index (χ3n) is 3.57. The van der Waals surface area contributed by atoms with Gasteiger partial charge in [-0.1, -0.05) is 19.8 Å². The van der Waals surface area contributed by atoms with Crippen LogP contribution in [0.15, 0.2) is 36.5 Å². The molecule has 23 heavy (non-hydrogen) atoms. The van der Waals surface area contributed by atoms with Crippen LogP contribution in [0.3, 0.4) is 0 Å². The molecule has 0 aliphatic rings. The molecule has 1 aromatic heterocycles. The van der Waals surface area contributed by atoms with Crippen LogP contribution in [0.5, 0.6) is 0 Å². The summed E-state index contributed by atoms with van der Waals surface area (Å²) in [6.45, 7) is 3.89. The van der Waals surface area contributed by atoms with E-state index in [0.717, 1.165) is 24.2 Å². The average molecular weight is 315 g/mol. The molecule has 1 atom stereocenters. The first kappa shape index (κ1) is 16.7. The second-order valence-corrected chi connectivity index (χ2v) is 5.46. The van der Waals surface area contributed by atoms with Crippen LogP contribution < -0.4 is 5.32 Å². The number of aryl methyl sites for hydroxylation is 1. The van der Waals surface area contributed by atoms with E-state index in [9.17, 15) is 9.59 Å². The Hall–Kier alpha value is -2.63. The van der Waals surface area contributed by atoms with Crippen LogP contribution in [0.1, 0.15) is 42.2 Å². The monoisotopic (exact) mass is 315 g/mol. The minimum atomic E-state index is -1.00. The molecule has 1 aromatic carbocycles. The topological polar surface area (TPSA) is 84.2 Å². The van der Waals surface area contributed by atoms with Gasteiger partial charge in [0, 0.05) is 11.8 Å². The predicted molar refractivity (Wildman–Crippen MR) is 86.7 cm³/mol. The highest BCUT2D eigenvalue weighted by molar-refractivity contribution is 5.96. The van der Waals surface area contributed by atoms with Crippen LogP contribution in [-0.2, 0) is 4.79 Å². The van der Waals surface area contributed by atoms with Crippen LogP contribution in [0.25, 0.3) is 5.69 Å². The Kier molecular flexibility index (Phi) is 5.51. The molecule has 1 amide bonds. The molecule has 0 saturated heterocycles. The second kappa shape index (κ2) is 7.58. The molecule has 2 aromatic rings. The molecule has 0 fully saturated rings. The number of rotatable bonds is 7. The number of carboxylic acid groups (broad SMARTS) is 1. The lowest BCUT2D eigenvalue weighted by Crippen LogP contribution is -2.40. The van der Waals surface area contributed by atoms with Gasteiger partial charge in [-0.15, -0.1) is 0 Å². The average Bonchev–Trinajstić information content (AvgIpc) is 2.97. The molecule has 2 rings (SSSR count). The minimum absolute atomic E-state index is 0.378. The summed E-state index contributed by atoms with van der Waals surface area (Å²) in [7, 11) is 0. The Morgan fingerprint density at radius 3 is 2.48 bits per heavy atom. The lowest BCUT2D eigenvalue weighted by atomic mass is 10.1. The Morgan fingerprint density at radius 1 is 1.26 bits per heavy atom. The van der Waals surface area contributed by atoms with Gasteiger partial charge in [-0.2, -0.15) is 5.10 Å². The second-order valence-electron chi connectivity index (χ2n) is 5.46. The highest BCUT2D eigenvalue weighted by Crippen LogP contribution is 2.10. The number of carbonyl (C=O) groups is 2. The third-order valence-corrected chi connectivity index (χ3v) is 3.57. The number of nitrogens with zero attached hydrogens (tertiary/aromatic N) is 2. The van der Waals surface area contributed by atoms with Crippen LogP contribution in [0, 0.1) is 6.92 Å². The Labute approximate surface area is 135 Å². The number of benzene rings is 1. The first-order valence-corrected chi connectivity index (χ1v) is 7.67. The van der Waals surface area contributed by atoms with Gasteiger partial charge in [0.05, 0.1) is 11.4 Å². The minimum Gasteiger partial charge on any atom is -0.480 e. The van der Waals surface area contributed by atoms with Gasteiger partial charge in [-0.25, -0.2) is 9.48 Å². The third kappa shape index (κ3) is 4.42. The Bertz CT molecular complexity index is 677. The van der Waals surface area contributed by atoms with Crippen molar-refractivity contribution < 1.29 is 14.7 Å². The van der Waals surface area contributed by atoms with E-state index in [0.29, 0.717) is 12.0 Å². The molecule has 0 spiro atoms. The summed E-state index contributed by atoms with van der Waals surface area (Å²) in [6, 6.07) is 7.94. The smallest absolute Gasteiger partial charge is 0.326 e. The Morgan fingerprint density at radius 2 is 1.96 bits per heavy atom. The number of hydrogen-bond donors (Lipinski definition) is 2. The van der Waals surface area contributed by atoms with E-state index in [2.05, 4.69) is 10.4 Å². The van der Waals surface area contributed by atoms with E-state index in [4.69, 9.17) is 5.11 Å². The summed E-state index contributed by atoms with van der Waals surface area (Å²) in [5.74, 6) is -1.38. The Balaban J connectivity index is 2.06. The van der Waals surface area contributed by atoms with Crippen LogP contribution in [0.2, 0.25) is 0 Å². The molecule has 122 valence electrons. The van der Waals surface area contributed by atoms with E-state index in [1.165, 1.54) is 0 Å². The van der Waals surface area contributed by atoms with Crippen molar-refractivity contribution in [2.75, 3.05) is 0 Å². The van der Waals surface area contributed by atoms with Crippen molar-refractivity contribution in [1.82, 2.24) is 15.1 Å². The summed E-state index contributed by atoms with van der Waals surface area (Å²) >= 11 is 0. The molecule has 2 N–H and O–H groups in total. The summed E-state index contributed by atoms with van der Waals surface area (Å²) in [4.78, 5) is 23.4. The first-order chi connectivity index (χ1) is 11.0. The number of aliphatic carboxylic acids is 1. The molecular formula is C17H21N3O3. The van der Waals surface area contributed by atoms with Gasteiger partial charge < -0.3 is 10.4 Å². The zero-order chi connectivity index (χ0) is 16.8. The van der Waals surface area contributed by atoms with Gasteiger partial charge in [0.15, 0.2) is 0 Å². The lowest BCUT2D eigenvalue weighted by molar-refractivity contribution is -0.139. The molecule has 1 unspecified atom stereocenters. The number of hydrogen-bond acceptors (Lipinski definition) is 3. The fourth-order valence-electron chi connectivity index (χ4n) is 2.23. The van der Waals surface area contributed by atoms with Gasteiger partial charge in [-0.05, 0) is 43.7 Å². The van der Waals surface area contributed by atoms with Crippen LogP contribution in [-0.4, -0.2) is 32.8 Å². The molecule has 0 bridgehead atoms. The highest BCUT2D eigenvalue weighted by Gasteiger charge is 2.19. The summed E-state index contributed by atoms with van der Waals surface area (Å²) in [6.07, 6.45) is 3.92. The number of aromatic nitrogens is 2. The molecular weight excluding hydrogens is 294 g/mol. The number of carbonyl (C=O) groups excluding carboxylic acids is 1. The number of nitrogens with one attached hydrogen (secondary N) is 1. The van der Waals surface area contributed by atoms with E-state index < -0.39 is 12.0 Å². The van der Waals surface area contributed by atoms with E-state index in [-0.39, 0.29) is 5.91 Å². The van der Waals surface area contributed by atoms with Crippen molar-refractivity contribution in [3.05, 3.63) is 47.8 Å². The van der Waals surface area contributed by atoms with Crippen molar-refractivity contribution in [3.63, 3.8) is 0 Å². The maximum Gasteiger partial charge on any atom is 0.326 e. The normalized spacial score (nSPS) is 11.9. The maximum atomic E-state index is 12.2. The van der Waals surface area contributed by atoms with Crippen molar-refractivity contribution in [1.29, 1.82) is 0 Å². The van der Waals surface area contributed by atoms with Gasteiger partial charge >= 0.3 is 5.97 Å². The predicted octanol–water partition coefficient (Wildman–Crippen LogP) is 2.55. The van der Waals surface area contributed by atoms with Crippen molar-refractivity contribution >= 4 is 11.9 Å². The van der Waals surface area contributed by atoms with E-state index in [1.807, 2.05) is 26.1 Å². The van der Waals surface area contributed by atoms with Crippen molar-refractivity contribution in [2.24, 2.45) is 0 Å². The fourth-order valence-corrected chi connectivity index (χ4v) is 2.23. The summed E-state index contributed by atoms with van der Waals surface area (Å²) in [5.41, 5.74) is 2.18. The number of carboxylic acids is 1. The van der Waals surface area contributed by atoms with Crippen molar-refractivity contribution in [2.45, 2.75) is 39.2 Å². The molecule has 0 saturated carbocycles. The standard InChI is InChI=1S/C17H21N3O3/c1-3-4-5-15(17(22)23)18-16(21)13-6-8-14(9-7-13)20-11-10-12(2)19-20/h6-11,15H,3-5H2,1-2H3,(H,18,21)(H,22,23). The molecule has 6 heteroatoms. The quantitative estimate of drug-likeness (QED) is 0.822. The first-order valence-electron chi connectivity index (χ1n) is 7.67. The molecule has 0 aliphatic carbocycles. The van der Waals surface area contributed by atoms with Crippen LogP contribution >= 0.6 is 0 Å². The summed E-state index contributed by atoms with van der Waals surface area (Å²) in [5, 5.41) is 16.0. The van der Waals surface area contributed by atoms with E-state index >= 15 is 0 Å². The SMILES string of the molecule is CCCCC(NC(=O)c1ccc(-n2ccc(C)n2)cc1)C(=O)O. The van der Waals surface area contributed by atoms with Crippen molar-refractivity contribution in [3.8, 4) is 5.69 Å². The molecule has 1 heterocycles. The lowest BCUT2D eigenvalue weighted by Gasteiger charge is -2.14. The van der Waals surface area contributed by atoms with Gasteiger partial charge in [0.2, 0.25) is 0 Å². The largest absolute Gasteiger partial charge is 0.480 e. The van der Waals surface area contributed by atoms with Gasteiger partial charge in [0.1, 0.15) is 6.04 Å². The fraction of sp³-hybridized carbons (Fsp3) is 0.353. The number of amides is 1. The highest BCUT2D eigenvalue weighted by atomic mass is 16.4.